The van der Waals surface area contributed by atoms with Crippen LogP contribution < -0.4 is 5.32 Å². The number of pyridine rings is 2. The molecule has 0 aliphatic heterocycles. The van der Waals surface area contributed by atoms with E-state index < -0.39 is 0 Å². The molecule has 142 valence electrons. The van der Waals surface area contributed by atoms with Crippen LogP contribution in [0.5, 0.6) is 0 Å². The second-order valence-electron chi connectivity index (χ2n) is 6.76. The van der Waals surface area contributed by atoms with Crippen molar-refractivity contribution in [3.05, 3.63) is 109 Å². The van der Waals surface area contributed by atoms with Crippen molar-refractivity contribution in [3.8, 4) is 22.4 Å². The van der Waals surface area contributed by atoms with E-state index in [0.717, 1.165) is 27.9 Å². The summed E-state index contributed by atoms with van der Waals surface area (Å²) in [6.45, 7) is 0.437. The fraction of sp³-hybridized carbons (Fsp3) is 0.0800. The Morgan fingerprint density at radius 1 is 0.724 bits per heavy atom. The minimum atomic E-state index is -0.0120. The van der Waals surface area contributed by atoms with E-state index in [1.807, 2.05) is 54.6 Å². The van der Waals surface area contributed by atoms with Gasteiger partial charge in [0.15, 0.2) is 0 Å². The van der Waals surface area contributed by atoms with Crippen molar-refractivity contribution in [2.75, 3.05) is 0 Å². The van der Waals surface area contributed by atoms with Crippen molar-refractivity contribution < 1.29 is 4.79 Å². The van der Waals surface area contributed by atoms with Crippen molar-refractivity contribution >= 4 is 5.91 Å². The molecular formula is C25H21N3O. The zero-order chi connectivity index (χ0) is 19.9. The van der Waals surface area contributed by atoms with Gasteiger partial charge in [0.25, 0.3) is 0 Å². The van der Waals surface area contributed by atoms with E-state index in [4.69, 9.17) is 0 Å². The molecule has 2 aromatic carbocycles. The zero-order valence-corrected chi connectivity index (χ0v) is 16.0. The summed E-state index contributed by atoms with van der Waals surface area (Å²) in [6, 6.07) is 26.0. The predicted octanol–water partition coefficient (Wildman–Crippen LogP) is 4.67. The molecule has 2 heterocycles. The second-order valence-corrected chi connectivity index (χ2v) is 6.76. The zero-order valence-electron chi connectivity index (χ0n) is 16.0. The van der Waals surface area contributed by atoms with Gasteiger partial charge in [-0.15, -0.1) is 0 Å². The summed E-state index contributed by atoms with van der Waals surface area (Å²) < 4.78 is 0. The number of rotatable bonds is 6. The van der Waals surface area contributed by atoms with Crippen molar-refractivity contribution in [2.45, 2.75) is 13.0 Å². The molecule has 4 aromatic rings. The Kier molecular flexibility index (Phi) is 5.72. The molecular weight excluding hydrogens is 358 g/mol. The molecule has 0 aliphatic carbocycles. The van der Waals surface area contributed by atoms with Crippen LogP contribution in [0, 0.1) is 0 Å². The molecule has 0 spiro atoms. The molecule has 0 saturated heterocycles. The summed E-state index contributed by atoms with van der Waals surface area (Å²) in [5.41, 5.74) is 6.13. The first-order valence-corrected chi connectivity index (χ1v) is 9.55. The Morgan fingerprint density at radius 3 is 2.21 bits per heavy atom. The topological polar surface area (TPSA) is 54.9 Å². The lowest BCUT2D eigenvalue weighted by Crippen LogP contribution is -2.25. The van der Waals surface area contributed by atoms with E-state index >= 15 is 0 Å². The van der Waals surface area contributed by atoms with E-state index in [9.17, 15) is 4.79 Å². The van der Waals surface area contributed by atoms with Crippen LogP contribution in [-0.4, -0.2) is 15.9 Å². The van der Waals surface area contributed by atoms with Gasteiger partial charge in [-0.2, -0.15) is 0 Å². The average molecular weight is 379 g/mol. The van der Waals surface area contributed by atoms with Crippen molar-refractivity contribution in [2.24, 2.45) is 0 Å². The maximum absolute atomic E-state index is 12.4. The van der Waals surface area contributed by atoms with E-state index in [1.165, 1.54) is 5.56 Å². The lowest BCUT2D eigenvalue weighted by Gasteiger charge is -2.10. The Labute approximate surface area is 170 Å². The van der Waals surface area contributed by atoms with Crippen LogP contribution in [0.15, 0.2) is 97.5 Å². The first-order chi connectivity index (χ1) is 14.3. The van der Waals surface area contributed by atoms with Gasteiger partial charge < -0.3 is 5.32 Å². The van der Waals surface area contributed by atoms with Crippen molar-refractivity contribution in [1.29, 1.82) is 0 Å². The Bertz CT molecular complexity index is 1080. The minimum Gasteiger partial charge on any atom is -0.352 e. The number of aromatic nitrogens is 2. The molecule has 0 unspecified atom stereocenters. The third kappa shape index (κ3) is 4.74. The van der Waals surface area contributed by atoms with Gasteiger partial charge in [0, 0.05) is 30.7 Å². The quantitative estimate of drug-likeness (QED) is 0.530. The Balaban J connectivity index is 1.39. The molecule has 2 aromatic heterocycles. The number of nitrogens with zero attached hydrogens (tertiary/aromatic N) is 2. The molecule has 0 fully saturated rings. The lowest BCUT2D eigenvalue weighted by molar-refractivity contribution is -0.120. The largest absolute Gasteiger partial charge is 0.352 e. The van der Waals surface area contributed by atoms with Gasteiger partial charge in [-0.1, -0.05) is 60.7 Å². The van der Waals surface area contributed by atoms with Crippen LogP contribution in [0.25, 0.3) is 22.4 Å². The molecule has 29 heavy (non-hydrogen) atoms. The fourth-order valence-corrected chi connectivity index (χ4v) is 3.24. The van der Waals surface area contributed by atoms with E-state index in [0.29, 0.717) is 13.0 Å². The van der Waals surface area contributed by atoms with E-state index in [-0.39, 0.29) is 5.91 Å². The lowest BCUT2D eigenvalue weighted by atomic mass is 10.0. The van der Waals surface area contributed by atoms with Crippen LogP contribution in [-0.2, 0) is 17.8 Å². The van der Waals surface area contributed by atoms with Crippen molar-refractivity contribution in [3.63, 3.8) is 0 Å². The van der Waals surface area contributed by atoms with Crippen LogP contribution in [0.3, 0.4) is 0 Å². The number of amides is 1. The van der Waals surface area contributed by atoms with Gasteiger partial charge in [-0.3, -0.25) is 14.8 Å². The summed E-state index contributed by atoms with van der Waals surface area (Å²) in [5.74, 6) is -0.0120. The highest BCUT2D eigenvalue weighted by Crippen LogP contribution is 2.21. The van der Waals surface area contributed by atoms with E-state index in [2.05, 4.69) is 39.6 Å². The molecule has 0 aliphatic rings. The average Bonchev–Trinajstić information content (AvgIpc) is 2.80. The highest BCUT2D eigenvalue weighted by molar-refractivity contribution is 5.79. The Morgan fingerprint density at radius 2 is 1.45 bits per heavy atom. The molecule has 4 nitrogen and oxygen atoms in total. The molecule has 4 heteroatoms. The summed E-state index contributed by atoms with van der Waals surface area (Å²) in [5, 5.41) is 3.01. The monoisotopic (exact) mass is 379 g/mol. The highest BCUT2D eigenvalue weighted by atomic mass is 16.1. The van der Waals surface area contributed by atoms with Crippen LogP contribution in [0.4, 0.5) is 0 Å². The van der Waals surface area contributed by atoms with Gasteiger partial charge in [-0.05, 0) is 40.5 Å². The first kappa shape index (κ1) is 18.6. The van der Waals surface area contributed by atoms with Crippen LogP contribution in [0.1, 0.15) is 11.1 Å². The predicted molar refractivity (Wildman–Crippen MR) is 115 cm³/mol. The molecule has 1 amide bonds. The van der Waals surface area contributed by atoms with Gasteiger partial charge >= 0.3 is 0 Å². The highest BCUT2D eigenvalue weighted by Gasteiger charge is 2.09. The second kappa shape index (κ2) is 8.93. The smallest absolute Gasteiger partial charge is 0.224 e. The SMILES string of the molecule is O=C(Cc1ccc(-c2ccccc2)cc1)NCc1cccnc1-c1ccncc1. The molecule has 0 saturated carbocycles. The summed E-state index contributed by atoms with van der Waals surface area (Å²) in [4.78, 5) is 21.0. The minimum absolute atomic E-state index is 0.0120. The van der Waals surface area contributed by atoms with Crippen LogP contribution >= 0.6 is 0 Å². The third-order valence-electron chi connectivity index (χ3n) is 4.75. The number of benzene rings is 2. The maximum atomic E-state index is 12.4. The van der Waals surface area contributed by atoms with Gasteiger partial charge in [0.1, 0.15) is 0 Å². The number of hydrogen-bond acceptors (Lipinski definition) is 3. The van der Waals surface area contributed by atoms with Gasteiger partial charge in [-0.25, -0.2) is 0 Å². The fourth-order valence-electron chi connectivity index (χ4n) is 3.24. The maximum Gasteiger partial charge on any atom is 0.224 e. The molecule has 4 rings (SSSR count). The molecule has 1 N–H and O–H groups in total. The molecule has 0 bridgehead atoms. The third-order valence-corrected chi connectivity index (χ3v) is 4.75. The van der Waals surface area contributed by atoms with Gasteiger partial charge in [0.2, 0.25) is 5.91 Å². The van der Waals surface area contributed by atoms with Crippen LogP contribution in [0.2, 0.25) is 0 Å². The Hall–Kier alpha value is -3.79. The van der Waals surface area contributed by atoms with Gasteiger partial charge in [0.05, 0.1) is 12.1 Å². The standard InChI is InChI=1S/C25H21N3O/c29-24(17-19-8-10-21(11-9-19)20-5-2-1-3-6-20)28-18-23-7-4-14-27-25(23)22-12-15-26-16-13-22/h1-16H,17-18H2,(H,28,29). The summed E-state index contributed by atoms with van der Waals surface area (Å²) in [7, 11) is 0. The van der Waals surface area contributed by atoms with E-state index in [1.54, 1.807) is 18.6 Å². The molecule has 0 atom stereocenters. The summed E-state index contributed by atoms with van der Waals surface area (Å²) >= 11 is 0. The normalized spacial score (nSPS) is 10.5. The number of nitrogens with one attached hydrogen (secondary N) is 1. The van der Waals surface area contributed by atoms with Crippen molar-refractivity contribution in [1.82, 2.24) is 15.3 Å². The number of carbonyl (C=O) groups is 1. The number of hydrogen-bond donors (Lipinski definition) is 1. The molecule has 0 radical (unpaired) electrons. The summed E-state index contributed by atoms with van der Waals surface area (Å²) in [6.07, 6.45) is 5.59. The first-order valence-electron chi connectivity index (χ1n) is 9.55. The number of carbonyl (C=O) groups excluding carboxylic acids is 1.